The van der Waals surface area contributed by atoms with Crippen LogP contribution in [0.2, 0.25) is 0 Å². The molecular formula is C14H17F6NO8S2. The Balaban J connectivity index is 2.95. The molecule has 1 fully saturated rings. The molecule has 1 heterocycles. The second-order valence-electron chi connectivity index (χ2n) is 6.32. The topological polar surface area (TPSA) is 138 Å². The highest BCUT2D eigenvalue weighted by molar-refractivity contribution is 7.90. The van der Waals surface area contributed by atoms with E-state index in [2.05, 4.69) is 11.3 Å². The number of aliphatic hydroxyl groups excluding tert-OH is 1. The van der Waals surface area contributed by atoms with Crippen molar-refractivity contribution in [3.63, 3.8) is 0 Å². The van der Waals surface area contributed by atoms with Gasteiger partial charge in [0.15, 0.2) is 0 Å². The van der Waals surface area contributed by atoms with Gasteiger partial charge in [-0.2, -0.15) is 39.1 Å². The molecule has 1 saturated heterocycles. The first-order valence-corrected chi connectivity index (χ1v) is 11.0. The second-order valence-corrected chi connectivity index (χ2v) is 9.76. The van der Waals surface area contributed by atoms with Gasteiger partial charge in [0.25, 0.3) is 10.0 Å². The summed E-state index contributed by atoms with van der Waals surface area (Å²) >= 11 is 0. The maximum atomic E-state index is 14.0. The van der Waals surface area contributed by atoms with E-state index in [1.165, 1.54) is 6.08 Å². The average molecular weight is 505 g/mol. The van der Waals surface area contributed by atoms with Crippen molar-refractivity contribution in [2.45, 2.75) is 29.3 Å². The number of allylic oxidation sites excluding steroid dienone is 1. The number of rotatable bonds is 9. The zero-order valence-corrected chi connectivity index (χ0v) is 17.0. The van der Waals surface area contributed by atoms with Gasteiger partial charge in [0.1, 0.15) is 0 Å². The molecular weight excluding hydrogens is 488 g/mol. The number of ether oxygens (including phenoxy) is 1. The molecule has 0 aliphatic carbocycles. The van der Waals surface area contributed by atoms with Gasteiger partial charge in [-0.05, 0) is 24.8 Å². The number of carbonyl (C=O) groups excluding carboxylic acids is 1. The lowest BCUT2D eigenvalue weighted by molar-refractivity contribution is -0.246. The second kappa shape index (κ2) is 9.05. The van der Waals surface area contributed by atoms with Crippen LogP contribution in [0.5, 0.6) is 0 Å². The van der Waals surface area contributed by atoms with E-state index in [4.69, 9.17) is 9.66 Å². The smallest absolute Gasteiger partial charge is 0.431 e. The van der Waals surface area contributed by atoms with Gasteiger partial charge < -0.3 is 9.84 Å². The number of piperidine rings is 1. The molecule has 0 aromatic carbocycles. The quantitative estimate of drug-likeness (QED) is 0.157. The minimum absolute atomic E-state index is 0.217. The van der Waals surface area contributed by atoms with E-state index in [9.17, 15) is 48.0 Å². The van der Waals surface area contributed by atoms with Crippen molar-refractivity contribution in [1.29, 1.82) is 0 Å². The van der Waals surface area contributed by atoms with E-state index in [0.29, 0.717) is 0 Å². The van der Waals surface area contributed by atoms with Gasteiger partial charge in [-0.25, -0.2) is 13.2 Å². The summed E-state index contributed by atoms with van der Waals surface area (Å²) in [5.74, 6) is -8.57. The predicted octanol–water partition coefficient (Wildman–Crippen LogP) is 1.34. The molecule has 1 aliphatic rings. The van der Waals surface area contributed by atoms with Crippen LogP contribution in [-0.2, 0) is 29.7 Å². The highest BCUT2D eigenvalue weighted by Crippen LogP contribution is 2.51. The monoisotopic (exact) mass is 505 g/mol. The molecule has 0 unspecified atom stereocenters. The molecule has 31 heavy (non-hydrogen) atoms. The lowest BCUT2D eigenvalue weighted by Crippen LogP contribution is -2.63. The summed E-state index contributed by atoms with van der Waals surface area (Å²) in [5, 5.41) is -4.69. The van der Waals surface area contributed by atoms with Crippen molar-refractivity contribution in [2.24, 2.45) is 5.92 Å². The Morgan fingerprint density at radius 3 is 1.97 bits per heavy atom. The Bertz CT molecular complexity index is 940. The first-order chi connectivity index (χ1) is 13.8. The highest BCUT2D eigenvalue weighted by atomic mass is 32.2. The van der Waals surface area contributed by atoms with E-state index in [1.807, 2.05) is 0 Å². The maximum Gasteiger partial charge on any atom is 0.439 e. The number of hydrogen-bond acceptors (Lipinski definition) is 7. The van der Waals surface area contributed by atoms with E-state index in [0.717, 1.165) is 6.26 Å². The maximum absolute atomic E-state index is 14.0. The predicted molar refractivity (Wildman–Crippen MR) is 91.1 cm³/mol. The lowest BCUT2D eigenvalue weighted by atomic mass is 9.98. The molecule has 0 spiro atoms. The van der Waals surface area contributed by atoms with Crippen LogP contribution in [0.15, 0.2) is 24.5 Å². The van der Waals surface area contributed by atoms with Gasteiger partial charge in [0.05, 0.1) is 18.4 Å². The zero-order valence-electron chi connectivity index (χ0n) is 15.4. The number of nitrogens with zero attached hydrogens (tertiary/aromatic N) is 1. The molecule has 0 bridgehead atoms. The summed E-state index contributed by atoms with van der Waals surface area (Å²) in [4.78, 5) is 11.3. The molecule has 0 aromatic heterocycles. The van der Waals surface area contributed by atoms with Crippen LogP contribution in [0.25, 0.3) is 0 Å². The summed E-state index contributed by atoms with van der Waals surface area (Å²) in [6.07, 6.45) is 1.52. The van der Waals surface area contributed by atoms with Crippen molar-refractivity contribution in [3.8, 4) is 0 Å². The van der Waals surface area contributed by atoms with Crippen molar-refractivity contribution in [1.82, 2.24) is 4.31 Å². The molecule has 1 aliphatic heterocycles. The first kappa shape index (κ1) is 27.3. The van der Waals surface area contributed by atoms with E-state index in [1.54, 1.807) is 0 Å². The van der Waals surface area contributed by atoms with Crippen LogP contribution in [0.1, 0.15) is 12.8 Å². The SMILES string of the molecule is C=C(CO)C(=O)OC=CC1CCN(S(=O)(=O)C(F)(F)C(F)(F)C(F)(F)S(=O)(=O)O)CC1. The van der Waals surface area contributed by atoms with Crippen LogP contribution in [0.4, 0.5) is 26.3 Å². The Morgan fingerprint density at radius 2 is 1.55 bits per heavy atom. The van der Waals surface area contributed by atoms with Crippen LogP contribution < -0.4 is 0 Å². The summed E-state index contributed by atoms with van der Waals surface area (Å²) in [5.41, 5.74) is -0.282. The van der Waals surface area contributed by atoms with Gasteiger partial charge in [-0.1, -0.05) is 6.58 Å². The third-order valence-corrected chi connectivity index (χ3v) is 7.08. The van der Waals surface area contributed by atoms with Crippen LogP contribution in [0.3, 0.4) is 0 Å². The van der Waals surface area contributed by atoms with Crippen molar-refractivity contribution < 1.29 is 62.4 Å². The molecule has 0 radical (unpaired) electrons. The number of sulfonamides is 1. The van der Waals surface area contributed by atoms with E-state index >= 15 is 0 Å². The largest absolute Gasteiger partial charge is 0.439 e. The van der Waals surface area contributed by atoms with Crippen molar-refractivity contribution >= 4 is 26.1 Å². The minimum Gasteiger partial charge on any atom is -0.431 e. The number of halogens is 6. The van der Waals surface area contributed by atoms with Gasteiger partial charge in [-0.3, -0.25) is 4.55 Å². The Kier molecular flexibility index (Phi) is 7.98. The van der Waals surface area contributed by atoms with E-state index in [-0.39, 0.29) is 22.7 Å². The van der Waals surface area contributed by atoms with Gasteiger partial charge >= 0.3 is 32.5 Å². The third kappa shape index (κ3) is 5.05. The fraction of sp³-hybridized carbons (Fsp3) is 0.643. The summed E-state index contributed by atoms with van der Waals surface area (Å²) in [6, 6.07) is 0. The third-order valence-electron chi connectivity index (χ3n) is 4.22. The van der Waals surface area contributed by atoms with E-state index < -0.39 is 68.2 Å². The molecule has 1 rings (SSSR count). The number of aliphatic hydroxyl groups is 1. The van der Waals surface area contributed by atoms with Gasteiger partial charge in [0, 0.05) is 13.1 Å². The molecule has 180 valence electrons. The van der Waals surface area contributed by atoms with Crippen molar-refractivity contribution in [2.75, 3.05) is 19.7 Å². The molecule has 0 aromatic rings. The van der Waals surface area contributed by atoms with Crippen LogP contribution in [0, 0.1) is 5.92 Å². The van der Waals surface area contributed by atoms with Gasteiger partial charge in [0.2, 0.25) is 0 Å². The molecule has 17 heteroatoms. The number of hydrogen-bond donors (Lipinski definition) is 2. The molecule has 0 amide bonds. The molecule has 2 N–H and O–H groups in total. The first-order valence-electron chi connectivity index (χ1n) is 8.11. The highest BCUT2D eigenvalue weighted by Gasteiger charge is 2.82. The fourth-order valence-electron chi connectivity index (χ4n) is 2.32. The molecule has 9 nitrogen and oxygen atoms in total. The average Bonchev–Trinajstić information content (AvgIpc) is 2.66. The molecule has 0 saturated carbocycles. The Labute approximate surface area is 172 Å². The summed E-state index contributed by atoms with van der Waals surface area (Å²) in [6.45, 7) is 0.827. The van der Waals surface area contributed by atoms with Crippen molar-refractivity contribution in [3.05, 3.63) is 24.5 Å². The summed E-state index contributed by atoms with van der Waals surface area (Å²) in [7, 11) is -13.6. The normalized spacial score (nSPS) is 18.3. The fourth-order valence-corrected chi connectivity index (χ4v) is 4.31. The Morgan fingerprint density at radius 1 is 1.06 bits per heavy atom. The van der Waals surface area contributed by atoms with Crippen LogP contribution in [-0.4, -0.2) is 72.9 Å². The zero-order chi connectivity index (χ0) is 24.5. The number of esters is 1. The summed E-state index contributed by atoms with van der Waals surface area (Å²) < 4.78 is 139. The van der Waals surface area contributed by atoms with Gasteiger partial charge in [-0.15, -0.1) is 0 Å². The van der Waals surface area contributed by atoms with Crippen LogP contribution >= 0.6 is 0 Å². The molecule has 0 atom stereocenters. The minimum atomic E-state index is -7.09. The Hall–Kier alpha value is -1.69. The number of alkyl halides is 6. The standard InChI is InChI=1S/C14H17F6NO8S2/c1-9(8-22)11(23)29-7-4-10-2-5-21(6-3-10)30(24,25)13(17,18)12(15,16)14(19,20)31(26,27)28/h4,7,10,22H,1-3,5-6,8H2,(H,26,27,28). The lowest BCUT2D eigenvalue weighted by Gasteiger charge is -2.36. The number of carbonyl (C=O) groups is 1.